The van der Waals surface area contributed by atoms with Crippen molar-refractivity contribution in [3.05, 3.63) is 23.8 Å². The Morgan fingerprint density at radius 2 is 1.75 bits per heavy atom. The molecule has 1 aromatic carbocycles. The molecule has 0 saturated heterocycles. The van der Waals surface area contributed by atoms with Crippen LogP contribution in [0.3, 0.4) is 0 Å². The van der Waals surface area contributed by atoms with Crippen LogP contribution < -0.4 is 14.8 Å². The molecule has 1 unspecified atom stereocenters. The van der Waals surface area contributed by atoms with Gasteiger partial charge in [-0.1, -0.05) is 6.07 Å². The third-order valence-electron chi connectivity index (χ3n) is 2.90. The summed E-state index contributed by atoms with van der Waals surface area (Å²) in [5, 5.41) is 3.51. The van der Waals surface area contributed by atoms with Crippen molar-refractivity contribution in [1.29, 1.82) is 0 Å². The Kier molecular flexibility index (Phi) is 7.41. The van der Waals surface area contributed by atoms with Gasteiger partial charge in [-0.05, 0) is 52.6 Å². The third-order valence-corrected chi connectivity index (χ3v) is 2.90. The van der Waals surface area contributed by atoms with Crippen molar-refractivity contribution in [2.75, 3.05) is 33.9 Å². The van der Waals surface area contributed by atoms with Gasteiger partial charge in [-0.25, -0.2) is 0 Å². The van der Waals surface area contributed by atoms with Crippen LogP contribution in [0.4, 0.5) is 0 Å². The van der Waals surface area contributed by atoms with E-state index in [-0.39, 0.29) is 0 Å². The molecule has 1 rings (SSSR count). The van der Waals surface area contributed by atoms with E-state index in [1.807, 2.05) is 19.9 Å². The number of hydrogen-bond donors (Lipinski definition) is 1. The summed E-state index contributed by atoms with van der Waals surface area (Å²) in [6.07, 6.45) is 0. The van der Waals surface area contributed by atoms with Gasteiger partial charge >= 0.3 is 0 Å². The van der Waals surface area contributed by atoms with Gasteiger partial charge < -0.3 is 19.7 Å². The minimum Gasteiger partial charge on any atom is -0.490 e. The van der Waals surface area contributed by atoms with Crippen molar-refractivity contribution >= 4 is 0 Å². The molecule has 4 nitrogen and oxygen atoms in total. The Morgan fingerprint density at radius 3 is 2.35 bits per heavy atom. The molecule has 0 aliphatic heterocycles. The second-order valence-corrected chi connectivity index (χ2v) is 5.19. The standard InChI is InChI=1S/C16H28N2O2/c1-6-19-15-9-8-14(10-16(15)20-7-2)11-17-13(3)12-18(4)5/h8-10,13,17H,6-7,11-12H2,1-5H3. The van der Waals surface area contributed by atoms with Crippen LogP contribution in [0.25, 0.3) is 0 Å². The number of hydrogen-bond acceptors (Lipinski definition) is 4. The van der Waals surface area contributed by atoms with Gasteiger partial charge in [0.2, 0.25) is 0 Å². The first kappa shape index (κ1) is 16.8. The van der Waals surface area contributed by atoms with Crippen LogP contribution in [0, 0.1) is 0 Å². The summed E-state index contributed by atoms with van der Waals surface area (Å²) in [5.41, 5.74) is 1.21. The molecule has 1 N–H and O–H groups in total. The summed E-state index contributed by atoms with van der Waals surface area (Å²) in [7, 11) is 4.17. The molecular formula is C16H28N2O2. The Hall–Kier alpha value is -1.26. The Labute approximate surface area is 123 Å². The summed E-state index contributed by atoms with van der Waals surface area (Å²) in [5.74, 6) is 1.65. The molecule has 4 heteroatoms. The van der Waals surface area contributed by atoms with Crippen LogP contribution in [-0.4, -0.2) is 44.8 Å². The molecule has 0 aliphatic carbocycles. The molecule has 20 heavy (non-hydrogen) atoms. The lowest BCUT2D eigenvalue weighted by Crippen LogP contribution is -2.35. The molecule has 0 bridgehead atoms. The average Bonchev–Trinajstić information content (AvgIpc) is 2.39. The second-order valence-electron chi connectivity index (χ2n) is 5.19. The van der Waals surface area contributed by atoms with Gasteiger partial charge in [0.05, 0.1) is 13.2 Å². The maximum Gasteiger partial charge on any atom is 0.161 e. The highest BCUT2D eigenvalue weighted by Gasteiger charge is 2.07. The summed E-state index contributed by atoms with van der Waals surface area (Å²) in [6, 6.07) is 6.58. The van der Waals surface area contributed by atoms with Gasteiger partial charge in [0.1, 0.15) is 0 Å². The Balaban J connectivity index is 2.64. The van der Waals surface area contributed by atoms with Gasteiger partial charge in [0, 0.05) is 19.1 Å². The molecule has 0 spiro atoms. The summed E-state index contributed by atoms with van der Waals surface area (Å²) >= 11 is 0. The number of benzene rings is 1. The first-order valence-electron chi connectivity index (χ1n) is 7.33. The first-order chi connectivity index (χ1) is 9.56. The monoisotopic (exact) mass is 280 g/mol. The van der Waals surface area contributed by atoms with E-state index in [1.54, 1.807) is 0 Å². The number of ether oxygens (including phenoxy) is 2. The minimum atomic E-state index is 0.451. The zero-order chi connectivity index (χ0) is 15.0. The number of nitrogens with one attached hydrogen (secondary N) is 1. The second kappa shape index (κ2) is 8.82. The van der Waals surface area contributed by atoms with Crippen LogP contribution in [0.5, 0.6) is 11.5 Å². The Morgan fingerprint density at radius 1 is 1.10 bits per heavy atom. The highest BCUT2D eigenvalue weighted by molar-refractivity contribution is 5.43. The van der Waals surface area contributed by atoms with Crippen LogP contribution in [0.15, 0.2) is 18.2 Å². The Bertz CT molecular complexity index is 394. The highest BCUT2D eigenvalue weighted by Crippen LogP contribution is 2.28. The van der Waals surface area contributed by atoms with Gasteiger partial charge in [-0.15, -0.1) is 0 Å². The van der Waals surface area contributed by atoms with E-state index in [0.717, 1.165) is 24.6 Å². The van der Waals surface area contributed by atoms with Gasteiger partial charge in [0.25, 0.3) is 0 Å². The van der Waals surface area contributed by atoms with E-state index in [2.05, 4.69) is 43.4 Å². The van der Waals surface area contributed by atoms with Gasteiger partial charge in [0.15, 0.2) is 11.5 Å². The summed E-state index contributed by atoms with van der Waals surface area (Å²) < 4.78 is 11.2. The minimum absolute atomic E-state index is 0.451. The van der Waals surface area contributed by atoms with Crippen LogP contribution in [0.2, 0.25) is 0 Å². The topological polar surface area (TPSA) is 33.7 Å². The summed E-state index contributed by atoms with van der Waals surface area (Å²) in [4.78, 5) is 2.18. The maximum atomic E-state index is 5.64. The quantitative estimate of drug-likeness (QED) is 0.753. The SMILES string of the molecule is CCOc1ccc(CNC(C)CN(C)C)cc1OCC. The van der Waals surface area contributed by atoms with Crippen molar-refractivity contribution in [2.24, 2.45) is 0 Å². The molecule has 0 heterocycles. The largest absolute Gasteiger partial charge is 0.490 e. The van der Waals surface area contributed by atoms with E-state index >= 15 is 0 Å². The van der Waals surface area contributed by atoms with Crippen LogP contribution >= 0.6 is 0 Å². The lowest BCUT2D eigenvalue weighted by Gasteiger charge is -2.19. The van der Waals surface area contributed by atoms with Crippen molar-refractivity contribution in [1.82, 2.24) is 10.2 Å². The fraction of sp³-hybridized carbons (Fsp3) is 0.625. The first-order valence-corrected chi connectivity index (χ1v) is 7.33. The van der Waals surface area contributed by atoms with E-state index in [1.165, 1.54) is 5.56 Å². The number of rotatable bonds is 9. The lowest BCUT2D eigenvalue weighted by atomic mass is 10.2. The average molecular weight is 280 g/mol. The number of nitrogens with zero attached hydrogens (tertiary/aromatic N) is 1. The maximum absolute atomic E-state index is 5.64. The molecule has 114 valence electrons. The van der Waals surface area contributed by atoms with Crippen molar-refractivity contribution in [3.8, 4) is 11.5 Å². The zero-order valence-electron chi connectivity index (χ0n) is 13.4. The van der Waals surface area contributed by atoms with Crippen LogP contribution in [0.1, 0.15) is 26.3 Å². The van der Waals surface area contributed by atoms with E-state index in [4.69, 9.17) is 9.47 Å². The fourth-order valence-electron chi connectivity index (χ4n) is 2.11. The molecule has 0 radical (unpaired) electrons. The summed E-state index contributed by atoms with van der Waals surface area (Å²) in [6.45, 7) is 9.31. The molecule has 0 aliphatic rings. The van der Waals surface area contributed by atoms with Crippen LogP contribution in [-0.2, 0) is 6.54 Å². The molecule has 1 aromatic rings. The lowest BCUT2D eigenvalue weighted by molar-refractivity contribution is 0.287. The zero-order valence-corrected chi connectivity index (χ0v) is 13.4. The molecule has 0 fully saturated rings. The van der Waals surface area contributed by atoms with Crippen molar-refractivity contribution in [2.45, 2.75) is 33.4 Å². The highest BCUT2D eigenvalue weighted by atomic mass is 16.5. The molecule has 0 saturated carbocycles. The smallest absolute Gasteiger partial charge is 0.161 e. The van der Waals surface area contributed by atoms with Crippen molar-refractivity contribution in [3.63, 3.8) is 0 Å². The van der Waals surface area contributed by atoms with E-state index in [9.17, 15) is 0 Å². The van der Waals surface area contributed by atoms with Gasteiger partial charge in [-0.2, -0.15) is 0 Å². The number of likely N-dealkylation sites (N-methyl/N-ethyl adjacent to an activating group) is 1. The molecule has 0 amide bonds. The predicted molar refractivity (Wildman–Crippen MR) is 83.6 cm³/mol. The molecule has 1 atom stereocenters. The van der Waals surface area contributed by atoms with Crippen molar-refractivity contribution < 1.29 is 9.47 Å². The predicted octanol–water partition coefficient (Wildman–Crippen LogP) is 2.52. The molecular weight excluding hydrogens is 252 g/mol. The third kappa shape index (κ3) is 5.80. The van der Waals surface area contributed by atoms with E-state index < -0.39 is 0 Å². The fourth-order valence-corrected chi connectivity index (χ4v) is 2.11. The molecule has 0 aromatic heterocycles. The van der Waals surface area contributed by atoms with E-state index in [0.29, 0.717) is 19.3 Å². The van der Waals surface area contributed by atoms with Gasteiger partial charge in [-0.3, -0.25) is 0 Å². The normalized spacial score (nSPS) is 12.5.